The third-order valence-electron chi connectivity index (χ3n) is 1.78. The summed E-state index contributed by atoms with van der Waals surface area (Å²) in [6.45, 7) is 1.41. The summed E-state index contributed by atoms with van der Waals surface area (Å²) >= 11 is 0. The van der Waals surface area contributed by atoms with E-state index in [2.05, 4.69) is 0 Å². The number of ether oxygens (including phenoxy) is 1. The molecule has 4 heteroatoms. The molecule has 4 nitrogen and oxygen atoms in total. The Morgan fingerprint density at radius 3 is 2.10 bits per heavy atom. The molecule has 1 aliphatic rings. The van der Waals surface area contributed by atoms with Gasteiger partial charge in [0.05, 0.1) is 12.7 Å². The highest BCUT2D eigenvalue weighted by Gasteiger charge is 2.39. The summed E-state index contributed by atoms with van der Waals surface area (Å²) in [4.78, 5) is 0. The molecule has 0 aromatic carbocycles. The standard InChI is InChI=1S/C6H12O4/c1-3-5(8)6(9)4(2-7)10-3/h3-9H,2H2,1H3/t3-,4+,5?,6-/m0/s1. The summed E-state index contributed by atoms with van der Waals surface area (Å²) in [6, 6.07) is 0. The molecule has 0 spiro atoms. The lowest BCUT2D eigenvalue weighted by Crippen LogP contribution is -2.33. The van der Waals surface area contributed by atoms with E-state index >= 15 is 0 Å². The van der Waals surface area contributed by atoms with Gasteiger partial charge in [-0.15, -0.1) is 0 Å². The summed E-state index contributed by atoms with van der Waals surface area (Å²) in [6.07, 6.45) is -2.81. The second-order valence-corrected chi connectivity index (χ2v) is 2.54. The van der Waals surface area contributed by atoms with Crippen molar-refractivity contribution in [3.63, 3.8) is 0 Å². The molecule has 60 valence electrons. The fourth-order valence-electron chi connectivity index (χ4n) is 1.09. The van der Waals surface area contributed by atoms with Crippen molar-refractivity contribution in [2.45, 2.75) is 31.3 Å². The van der Waals surface area contributed by atoms with Crippen LogP contribution in [0.1, 0.15) is 6.92 Å². The van der Waals surface area contributed by atoms with E-state index in [1.54, 1.807) is 6.92 Å². The molecule has 0 aromatic rings. The van der Waals surface area contributed by atoms with E-state index in [4.69, 9.17) is 20.1 Å². The molecule has 1 saturated heterocycles. The van der Waals surface area contributed by atoms with Crippen LogP contribution in [0, 0.1) is 0 Å². The van der Waals surface area contributed by atoms with Crippen molar-refractivity contribution < 1.29 is 20.1 Å². The normalized spacial score (nSPS) is 48.0. The van der Waals surface area contributed by atoms with Crippen molar-refractivity contribution in [2.24, 2.45) is 0 Å². The largest absolute Gasteiger partial charge is 0.394 e. The number of hydrogen-bond donors (Lipinski definition) is 3. The Labute approximate surface area is 59.1 Å². The first-order valence-corrected chi connectivity index (χ1v) is 3.29. The number of aliphatic hydroxyl groups is 3. The lowest BCUT2D eigenvalue weighted by molar-refractivity contribution is -0.0171. The van der Waals surface area contributed by atoms with Gasteiger partial charge in [-0.2, -0.15) is 0 Å². The zero-order valence-electron chi connectivity index (χ0n) is 5.77. The molecular weight excluding hydrogens is 136 g/mol. The number of aliphatic hydroxyl groups excluding tert-OH is 3. The molecule has 1 rings (SSSR count). The Morgan fingerprint density at radius 1 is 1.30 bits per heavy atom. The van der Waals surface area contributed by atoms with Crippen LogP contribution in [0.3, 0.4) is 0 Å². The molecule has 1 aliphatic heterocycles. The van der Waals surface area contributed by atoms with E-state index in [0.29, 0.717) is 0 Å². The fraction of sp³-hybridized carbons (Fsp3) is 1.00. The molecule has 3 N–H and O–H groups in total. The van der Waals surface area contributed by atoms with E-state index in [1.807, 2.05) is 0 Å². The fourth-order valence-corrected chi connectivity index (χ4v) is 1.09. The highest BCUT2D eigenvalue weighted by atomic mass is 16.5. The molecular formula is C6H12O4. The molecule has 0 radical (unpaired) electrons. The van der Waals surface area contributed by atoms with Crippen LogP contribution < -0.4 is 0 Å². The maximum Gasteiger partial charge on any atom is 0.111 e. The molecule has 0 amide bonds. The smallest absolute Gasteiger partial charge is 0.111 e. The summed E-state index contributed by atoms with van der Waals surface area (Å²) < 4.78 is 4.98. The van der Waals surface area contributed by atoms with Gasteiger partial charge in [-0.05, 0) is 6.92 Å². The Balaban J connectivity index is 2.53. The minimum absolute atomic E-state index is 0.247. The maximum absolute atomic E-state index is 9.09. The van der Waals surface area contributed by atoms with Gasteiger partial charge in [0.2, 0.25) is 0 Å². The SMILES string of the molecule is C[C@@H]1O[C@H](CO)[C@H](O)C1O. The Bertz CT molecular complexity index is 116. The molecule has 0 saturated carbocycles. The average Bonchev–Trinajstić information content (AvgIpc) is 2.17. The minimum Gasteiger partial charge on any atom is -0.394 e. The second kappa shape index (κ2) is 2.84. The van der Waals surface area contributed by atoms with Crippen molar-refractivity contribution in [2.75, 3.05) is 6.61 Å². The molecule has 1 heterocycles. The summed E-state index contributed by atoms with van der Waals surface area (Å²) in [7, 11) is 0. The van der Waals surface area contributed by atoms with Crippen LogP contribution >= 0.6 is 0 Å². The third kappa shape index (κ3) is 1.15. The lowest BCUT2D eigenvalue weighted by atomic mass is 10.1. The first kappa shape index (κ1) is 7.94. The number of rotatable bonds is 1. The topological polar surface area (TPSA) is 69.9 Å². The van der Waals surface area contributed by atoms with Gasteiger partial charge in [0.1, 0.15) is 18.3 Å². The highest BCUT2D eigenvalue weighted by Crippen LogP contribution is 2.19. The van der Waals surface area contributed by atoms with Crippen LogP contribution in [0.5, 0.6) is 0 Å². The minimum atomic E-state index is -0.944. The van der Waals surface area contributed by atoms with Gasteiger partial charge in [0.15, 0.2) is 0 Å². The summed E-state index contributed by atoms with van der Waals surface area (Å²) in [5, 5.41) is 26.8. The van der Waals surface area contributed by atoms with E-state index in [1.165, 1.54) is 0 Å². The van der Waals surface area contributed by atoms with Gasteiger partial charge >= 0.3 is 0 Å². The molecule has 0 aliphatic carbocycles. The number of hydrogen-bond acceptors (Lipinski definition) is 4. The molecule has 1 unspecified atom stereocenters. The van der Waals surface area contributed by atoms with Crippen LogP contribution in [-0.4, -0.2) is 46.3 Å². The van der Waals surface area contributed by atoms with Crippen molar-refractivity contribution in [3.05, 3.63) is 0 Å². The Morgan fingerprint density at radius 2 is 1.90 bits per heavy atom. The van der Waals surface area contributed by atoms with Crippen LogP contribution in [0.4, 0.5) is 0 Å². The van der Waals surface area contributed by atoms with E-state index in [-0.39, 0.29) is 12.7 Å². The summed E-state index contributed by atoms with van der Waals surface area (Å²) in [5.41, 5.74) is 0. The first-order valence-electron chi connectivity index (χ1n) is 3.29. The van der Waals surface area contributed by atoms with E-state index in [9.17, 15) is 0 Å². The third-order valence-corrected chi connectivity index (χ3v) is 1.78. The molecule has 0 aromatic heterocycles. The average molecular weight is 148 g/mol. The van der Waals surface area contributed by atoms with E-state index < -0.39 is 18.3 Å². The zero-order chi connectivity index (χ0) is 7.72. The lowest BCUT2D eigenvalue weighted by Gasteiger charge is -2.10. The van der Waals surface area contributed by atoms with Crippen LogP contribution in [0.25, 0.3) is 0 Å². The van der Waals surface area contributed by atoms with Crippen molar-refractivity contribution in [3.8, 4) is 0 Å². The first-order chi connectivity index (χ1) is 4.66. The zero-order valence-corrected chi connectivity index (χ0v) is 5.77. The van der Waals surface area contributed by atoms with Gasteiger partial charge in [0.25, 0.3) is 0 Å². The van der Waals surface area contributed by atoms with Gasteiger partial charge in [-0.1, -0.05) is 0 Å². The van der Waals surface area contributed by atoms with Gasteiger partial charge < -0.3 is 20.1 Å². The van der Waals surface area contributed by atoms with Crippen LogP contribution in [-0.2, 0) is 4.74 Å². The van der Waals surface area contributed by atoms with Gasteiger partial charge in [0, 0.05) is 0 Å². The molecule has 4 atom stereocenters. The van der Waals surface area contributed by atoms with Crippen molar-refractivity contribution in [1.82, 2.24) is 0 Å². The van der Waals surface area contributed by atoms with Crippen molar-refractivity contribution >= 4 is 0 Å². The Hall–Kier alpha value is -0.160. The molecule has 0 bridgehead atoms. The van der Waals surface area contributed by atoms with E-state index in [0.717, 1.165) is 0 Å². The monoisotopic (exact) mass is 148 g/mol. The van der Waals surface area contributed by atoms with Crippen molar-refractivity contribution in [1.29, 1.82) is 0 Å². The summed E-state index contributed by atoms with van der Waals surface area (Å²) in [5.74, 6) is 0. The quantitative estimate of drug-likeness (QED) is 0.422. The van der Waals surface area contributed by atoms with Gasteiger partial charge in [-0.3, -0.25) is 0 Å². The maximum atomic E-state index is 9.09. The second-order valence-electron chi connectivity index (χ2n) is 2.54. The predicted molar refractivity (Wildman–Crippen MR) is 33.4 cm³/mol. The highest BCUT2D eigenvalue weighted by molar-refractivity contribution is 4.87. The molecule has 10 heavy (non-hydrogen) atoms. The predicted octanol–water partition coefficient (Wildman–Crippen LogP) is -1.51. The van der Waals surface area contributed by atoms with Crippen LogP contribution in [0.15, 0.2) is 0 Å². The van der Waals surface area contributed by atoms with Crippen LogP contribution in [0.2, 0.25) is 0 Å². The van der Waals surface area contributed by atoms with Gasteiger partial charge in [-0.25, -0.2) is 0 Å². The molecule has 1 fully saturated rings. The Kier molecular flexibility index (Phi) is 2.25.